The maximum atomic E-state index is 10.4. The fourth-order valence-corrected chi connectivity index (χ4v) is 0.491. The van der Waals surface area contributed by atoms with E-state index in [1.807, 2.05) is 0 Å². The first kappa shape index (κ1) is 5.25. The van der Waals surface area contributed by atoms with Crippen molar-refractivity contribution >= 4 is 5.78 Å². The minimum atomic E-state index is -1.33. The van der Waals surface area contributed by atoms with Crippen LogP contribution in [0.5, 0.6) is 0 Å². The van der Waals surface area contributed by atoms with Gasteiger partial charge in [0.05, 0.1) is 0 Å². The second-order valence-corrected chi connectivity index (χ2v) is 1.73. The third kappa shape index (κ3) is 0.434. The van der Waals surface area contributed by atoms with Gasteiger partial charge in [0.1, 0.15) is 0 Å². The highest BCUT2D eigenvalue weighted by Crippen LogP contribution is 2.18. The highest BCUT2D eigenvalue weighted by Gasteiger charge is 2.34. The van der Waals surface area contributed by atoms with E-state index in [1.54, 1.807) is 0 Å². The summed E-state index contributed by atoms with van der Waals surface area (Å²) in [5.74, 6) is -0.285. The van der Waals surface area contributed by atoms with E-state index in [9.17, 15) is 4.79 Å². The smallest absolute Gasteiger partial charge is 0.194 e. The van der Waals surface area contributed by atoms with Gasteiger partial charge in [0.15, 0.2) is 11.4 Å². The van der Waals surface area contributed by atoms with Crippen molar-refractivity contribution in [2.75, 3.05) is 0 Å². The van der Waals surface area contributed by atoms with E-state index < -0.39 is 5.60 Å². The molecule has 0 amide bonds. The lowest BCUT2D eigenvalue weighted by atomic mass is 9.88. The Morgan fingerprint density at radius 1 is 1.88 bits per heavy atom. The standard InChI is InChI=1S/C6H6O2/c1-2-6(8)4-3-5(6)7/h2-4,8H,1H2/t6-/m1/s1. The number of carbonyl (C=O) groups excluding carboxylic acids is 1. The molecule has 0 aromatic carbocycles. The molecule has 0 aliphatic heterocycles. The van der Waals surface area contributed by atoms with Crippen molar-refractivity contribution in [3.05, 3.63) is 24.8 Å². The Labute approximate surface area is 47.1 Å². The number of aliphatic hydroxyl groups is 1. The van der Waals surface area contributed by atoms with Gasteiger partial charge in [-0.15, -0.1) is 0 Å². The summed E-state index contributed by atoms with van der Waals surface area (Å²) < 4.78 is 0. The molecule has 1 aliphatic rings. The average molecular weight is 110 g/mol. The summed E-state index contributed by atoms with van der Waals surface area (Å²) >= 11 is 0. The Hall–Kier alpha value is -0.890. The number of hydrogen-bond acceptors (Lipinski definition) is 2. The van der Waals surface area contributed by atoms with Gasteiger partial charge in [-0.25, -0.2) is 0 Å². The summed E-state index contributed by atoms with van der Waals surface area (Å²) in [7, 11) is 0. The number of carbonyl (C=O) groups is 1. The molecule has 0 bridgehead atoms. The minimum absolute atomic E-state index is 0.285. The van der Waals surface area contributed by atoms with Crippen LogP contribution in [0, 0.1) is 0 Å². The Bertz CT molecular complexity index is 169. The van der Waals surface area contributed by atoms with Crippen LogP contribution in [0.4, 0.5) is 0 Å². The molecule has 1 N–H and O–H groups in total. The monoisotopic (exact) mass is 110 g/mol. The molecule has 0 unspecified atom stereocenters. The van der Waals surface area contributed by atoms with Crippen LogP contribution < -0.4 is 0 Å². The van der Waals surface area contributed by atoms with Crippen LogP contribution in [0.25, 0.3) is 0 Å². The van der Waals surface area contributed by atoms with Crippen molar-refractivity contribution in [2.45, 2.75) is 5.60 Å². The third-order valence-corrected chi connectivity index (χ3v) is 1.19. The lowest BCUT2D eigenvalue weighted by molar-refractivity contribution is -0.127. The predicted molar refractivity (Wildman–Crippen MR) is 29.3 cm³/mol. The molecular formula is C6H6O2. The van der Waals surface area contributed by atoms with Gasteiger partial charge < -0.3 is 5.11 Å². The molecule has 1 aliphatic carbocycles. The molecule has 0 aromatic heterocycles. The van der Waals surface area contributed by atoms with Gasteiger partial charge in [0.25, 0.3) is 0 Å². The fraction of sp³-hybridized carbons (Fsp3) is 0.167. The molecule has 0 fully saturated rings. The number of hydrogen-bond donors (Lipinski definition) is 1. The van der Waals surface area contributed by atoms with Gasteiger partial charge >= 0.3 is 0 Å². The molecule has 0 spiro atoms. The van der Waals surface area contributed by atoms with Gasteiger partial charge in [-0.05, 0) is 18.2 Å². The normalized spacial score (nSPS) is 34.4. The van der Waals surface area contributed by atoms with Crippen molar-refractivity contribution in [2.24, 2.45) is 0 Å². The Kier molecular flexibility index (Phi) is 0.848. The lowest BCUT2D eigenvalue weighted by Gasteiger charge is -2.22. The maximum absolute atomic E-state index is 10.4. The van der Waals surface area contributed by atoms with Crippen LogP contribution in [-0.2, 0) is 4.79 Å². The summed E-state index contributed by atoms with van der Waals surface area (Å²) in [6, 6.07) is 0. The molecule has 0 heterocycles. The van der Waals surface area contributed by atoms with Crippen molar-refractivity contribution in [3.63, 3.8) is 0 Å². The third-order valence-electron chi connectivity index (χ3n) is 1.19. The first-order chi connectivity index (χ1) is 3.69. The van der Waals surface area contributed by atoms with E-state index in [0.29, 0.717) is 0 Å². The zero-order chi connectivity index (χ0) is 6.20. The summed E-state index contributed by atoms with van der Waals surface area (Å²) in [5.41, 5.74) is -1.33. The zero-order valence-corrected chi connectivity index (χ0v) is 4.29. The van der Waals surface area contributed by atoms with Crippen molar-refractivity contribution in [1.29, 1.82) is 0 Å². The average Bonchev–Trinajstić information content (AvgIpc) is 1.83. The quantitative estimate of drug-likeness (QED) is 0.484. The maximum Gasteiger partial charge on any atom is 0.194 e. The van der Waals surface area contributed by atoms with Crippen molar-refractivity contribution in [1.82, 2.24) is 0 Å². The Balaban J connectivity index is 2.88. The highest BCUT2D eigenvalue weighted by atomic mass is 16.3. The first-order valence-corrected chi connectivity index (χ1v) is 2.29. The van der Waals surface area contributed by atoms with E-state index in [-0.39, 0.29) is 5.78 Å². The second-order valence-electron chi connectivity index (χ2n) is 1.73. The van der Waals surface area contributed by atoms with Gasteiger partial charge in [0, 0.05) is 0 Å². The second kappa shape index (κ2) is 1.29. The van der Waals surface area contributed by atoms with Crippen LogP contribution in [0.3, 0.4) is 0 Å². The van der Waals surface area contributed by atoms with E-state index in [1.165, 1.54) is 18.2 Å². The topological polar surface area (TPSA) is 37.3 Å². The van der Waals surface area contributed by atoms with Gasteiger partial charge in [-0.1, -0.05) is 6.58 Å². The fourth-order valence-electron chi connectivity index (χ4n) is 0.491. The van der Waals surface area contributed by atoms with Crippen LogP contribution in [-0.4, -0.2) is 16.5 Å². The molecule has 0 aromatic rings. The molecular weight excluding hydrogens is 104 g/mol. The summed E-state index contributed by atoms with van der Waals surface area (Å²) in [6.45, 7) is 3.28. The van der Waals surface area contributed by atoms with Crippen molar-refractivity contribution in [3.8, 4) is 0 Å². The number of rotatable bonds is 1. The largest absolute Gasteiger partial charge is 0.374 e. The molecule has 1 rings (SSSR count). The zero-order valence-electron chi connectivity index (χ0n) is 4.29. The van der Waals surface area contributed by atoms with Crippen LogP contribution in [0.1, 0.15) is 0 Å². The summed E-state index contributed by atoms with van der Waals surface area (Å²) in [6.07, 6.45) is 3.94. The first-order valence-electron chi connectivity index (χ1n) is 2.29. The summed E-state index contributed by atoms with van der Waals surface area (Å²) in [5, 5.41) is 8.93. The SMILES string of the molecule is C=C[C@@]1(O)C=CC1=O. The molecule has 2 nitrogen and oxygen atoms in total. The van der Waals surface area contributed by atoms with Crippen LogP contribution in [0.2, 0.25) is 0 Å². The van der Waals surface area contributed by atoms with Crippen LogP contribution >= 0.6 is 0 Å². The van der Waals surface area contributed by atoms with E-state index >= 15 is 0 Å². The van der Waals surface area contributed by atoms with Gasteiger partial charge in [0.2, 0.25) is 0 Å². The van der Waals surface area contributed by atoms with Crippen LogP contribution in [0.15, 0.2) is 24.8 Å². The molecule has 0 saturated carbocycles. The highest BCUT2D eigenvalue weighted by molar-refractivity contribution is 6.06. The Morgan fingerprint density at radius 3 is 2.50 bits per heavy atom. The minimum Gasteiger partial charge on any atom is -0.374 e. The molecule has 0 saturated heterocycles. The van der Waals surface area contributed by atoms with E-state index in [4.69, 9.17) is 5.11 Å². The molecule has 1 atom stereocenters. The molecule has 8 heavy (non-hydrogen) atoms. The van der Waals surface area contributed by atoms with Gasteiger partial charge in [-0.3, -0.25) is 4.79 Å². The van der Waals surface area contributed by atoms with E-state index in [2.05, 4.69) is 6.58 Å². The Morgan fingerprint density at radius 2 is 2.50 bits per heavy atom. The molecule has 2 heteroatoms. The number of ketones is 1. The van der Waals surface area contributed by atoms with Gasteiger partial charge in [-0.2, -0.15) is 0 Å². The van der Waals surface area contributed by atoms with E-state index in [0.717, 1.165) is 0 Å². The molecule has 42 valence electrons. The van der Waals surface area contributed by atoms with Crippen molar-refractivity contribution < 1.29 is 9.90 Å². The lowest BCUT2D eigenvalue weighted by Crippen LogP contribution is -2.39. The molecule has 0 radical (unpaired) electrons. The predicted octanol–water partition coefficient (Wildman–Crippen LogP) is 0.0424. The summed E-state index contributed by atoms with van der Waals surface area (Å²) in [4.78, 5) is 10.4.